The first-order valence-corrected chi connectivity index (χ1v) is 5.71. The number of nitrogens with one attached hydrogen (secondary N) is 2. The van der Waals surface area contributed by atoms with Gasteiger partial charge in [0.05, 0.1) is 18.7 Å². The lowest BCUT2D eigenvalue weighted by atomic mass is 10.0. The largest absolute Gasteiger partial charge is 0.417 e. The molecule has 0 saturated carbocycles. The molecule has 0 radical (unpaired) electrons. The smallest absolute Gasteiger partial charge is 0.408 e. The van der Waals surface area contributed by atoms with Gasteiger partial charge in [-0.1, -0.05) is 0 Å². The molecular weight excluding hydrogens is 236 g/mol. The molecule has 0 unspecified atom stereocenters. The van der Waals surface area contributed by atoms with E-state index in [9.17, 15) is 9.59 Å². The zero-order valence-corrected chi connectivity index (χ0v) is 9.56. The van der Waals surface area contributed by atoms with Crippen LogP contribution in [0.3, 0.4) is 0 Å². The molecule has 1 fully saturated rings. The van der Waals surface area contributed by atoms with Crippen molar-refractivity contribution in [2.75, 3.05) is 18.5 Å². The summed E-state index contributed by atoms with van der Waals surface area (Å²) in [5, 5.41) is 2.77. The van der Waals surface area contributed by atoms with E-state index in [1.54, 1.807) is 18.2 Å². The van der Waals surface area contributed by atoms with E-state index in [4.69, 9.17) is 9.15 Å². The predicted molar refractivity (Wildman–Crippen MR) is 64.4 cm³/mol. The number of benzene rings is 1. The fourth-order valence-electron chi connectivity index (χ4n) is 1.90. The summed E-state index contributed by atoms with van der Waals surface area (Å²) in [5.41, 5.74) is 1.67. The molecule has 0 aliphatic carbocycles. The van der Waals surface area contributed by atoms with Crippen LogP contribution in [0.5, 0.6) is 0 Å². The Bertz CT molecular complexity index is 639. The van der Waals surface area contributed by atoms with Crippen molar-refractivity contribution in [3.8, 4) is 0 Å². The van der Waals surface area contributed by atoms with Crippen molar-refractivity contribution in [3.05, 3.63) is 28.7 Å². The minimum atomic E-state index is -0.500. The minimum Gasteiger partial charge on any atom is -0.408 e. The second-order valence-corrected chi connectivity index (χ2v) is 4.38. The molecule has 2 N–H and O–H groups in total. The topological polar surface area (TPSA) is 84.3 Å². The van der Waals surface area contributed by atoms with Crippen molar-refractivity contribution in [2.24, 2.45) is 5.92 Å². The zero-order valence-electron chi connectivity index (χ0n) is 9.56. The third-order valence-corrected chi connectivity index (χ3v) is 2.89. The summed E-state index contributed by atoms with van der Waals surface area (Å²) in [6.45, 7) is 1.30. The molecular formula is C12H12N2O4. The molecule has 1 aromatic heterocycles. The highest BCUT2D eigenvalue weighted by atomic mass is 16.5. The van der Waals surface area contributed by atoms with Gasteiger partial charge in [0.25, 0.3) is 0 Å². The molecule has 18 heavy (non-hydrogen) atoms. The van der Waals surface area contributed by atoms with Crippen molar-refractivity contribution in [1.82, 2.24) is 4.98 Å². The monoisotopic (exact) mass is 248 g/mol. The van der Waals surface area contributed by atoms with E-state index < -0.39 is 5.76 Å². The standard InChI is InChI=1S/C12H12N2O4/c15-11(3-7-5-17-6-7)13-8-1-2-9-10(4-8)18-12(16)14-9/h1-2,4,7H,3,5-6H2,(H,13,15)(H,14,16). The van der Waals surface area contributed by atoms with Crippen LogP contribution in [0.15, 0.2) is 27.4 Å². The number of anilines is 1. The normalized spacial score (nSPS) is 15.6. The average Bonchev–Trinajstić information content (AvgIpc) is 2.63. The maximum atomic E-state index is 11.7. The van der Waals surface area contributed by atoms with Crippen molar-refractivity contribution in [2.45, 2.75) is 6.42 Å². The van der Waals surface area contributed by atoms with Gasteiger partial charge in [-0.3, -0.25) is 9.78 Å². The minimum absolute atomic E-state index is 0.0551. The summed E-state index contributed by atoms with van der Waals surface area (Å²) in [7, 11) is 0. The van der Waals surface area contributed by atoms with Crippen LogP contribution in [0.1, 0.15) is 6.42 Å². The van der Waals surface area contributed by atoms with Crippen LogP contribution in [0, 0.1) is 5.92 Å². The summed E-state index contributed by atoms with van der Waals surface area (Å²) in [6.07, 6.45) is 0.453. The Morgan fingerprint density at radius 3 is 3.00 bits per heavy atom. The quantitative estimate of drug-likeness (QED) is 0.851. The molecule has 3 rings (SSSR count). The summed E-state index contributed by atoms with van der Waals surface area (Å²) < 4.78 is 9.93. The number of carbonyl (C=O) groups is 1. The Hall–Kier alpha value is -2.08. The number of hydrogen-bond donors (Lipinski definition) is 2. The molecule has 0 spiro atoms. The molecule has 94 valence electrons. The van der Waals surface area contributed by atoms with E-state index in [2.05, 4.69) is 10.3 Å². The van der Waals surface area contributed by atoms with Gasteiger partial charge in [-0.25, -0.2) is 4.79 Å². The van der Waals surface area contributed by atoms with Crippen LogP contribution in [-0.2, 0) is 9.53 Å². The molecule has 2 heterocycles. The van der Waals surface area contributed by atoms with E-state index in [0.717, 1.165) is 0 Å². The van der Waals surface area contributed by atoms with Gasteiger partial charge >= 0.3 is 5.76 Å². The number of carbonyl (C=O) groups excluding carboxylic acids is 1. The number of aromatic nitrogens is 1. The summed E-state index contributed by atoms with van der Waals surface area (Å²) >= 11 is 0. The molecule has 0 bridgehead atoms. The third kappa shape index (κ3) is 2.14. The average molecular weight is 248 g/mol. The van der Waals surface area contributed by atoms with Crippen LogP contribution in [-0.4, -0.2) is 24.1 Å². The molecule has 1 aromatic carbocycles. The second-order valence-electron chi connectivity index (χ2n) is 4.38. The highest BCUT2D eigenvalue weighted by Crippen LogP contribution is 2.18. The number of fused-ring (bicyclic) bond motifs is 1. The first kappa shape index (κ1) is 11.0. The van der Waals surface area contributed by atoms with Crippen molar-refractivity contribution >= 4 is 22.7 Å². The molecule has 1 saturated heterocycles. The molecule has 6 nitrogen and oxygen atoms in total. The SMILES string of the molecule is O=C(CC1COC1)Nc1ccc2[nH]c(=O)oc2c1. The Morgan fingerprint density at radius 2 is 2.28 bits per heavy atom. The van der Waals surface area contributed by atoms with E-state index in [-0.39, 0.29) is 5.91 Å². The maximum absolute atomic E-state index is 11.7. The molecule has 1 aliphatic rings. The lowest BCUT2D eigenvalue weighted by Gasteiger charge is -2.25. The number of H-pyrrole nitrogens is 1. The summed E-state index contributed by atoms with van der Waals surface area (Å²) in [5.74, 6) is -0.237. The number of amides is 1. The Morgan fingerprint density at radius 1 is 1.44 bits per heavy atom. The van der Waals surface area contributed by atoms with Gasteiger partial charge in [-0.15, -0.1) is 0 Å². The van der Waals surface area contributed by atoms with E-state index in [1.807, 2.05) is 0 Å². The van der Waals surface area contributed by atoms with E-state index in [1.165, 1.54) is 0 Å². The maximum Gasteiger partial charge on any atom is 0.417 e. The summed E-state index contributed by atoms with van der Waals surface area (Å²) in [6, 6.07) is 5.05. The lowest BCUT2D eigenvalue weighted by molar-refractivity contribution is -0.121. The lowest BCUT2D eigenvalue weighted by Crippen LogP contribution is -2.31. The predicted octanol–water partition coefficient (Wildman–Crippen LogP) is 1.10. The highest BCUT2D eigenvalue weighted by Gasteiger charge is 2.21. The van der Waals surface area contributed by atoms with Gasteiger partial charge in [0.15, 0.2) is 5.58 Å². The third-order valence-electron chi connectivity index (χ3n) is 2.89. The first-order valence-electron chi connectivity index (χ1n) is 5.71. The molecule has 2 aromatic rings. The Balaban J connectivity index is 1.73. The molecule has 0 atom stereocenters. The highest BCUT2D eigenvalue weighted by molar-refractivity contribution is 5.92. The van der Waals surface area contributed by atoms with Gasteiger partial charge in [0.2, 0.25) is 5.91 Å². The van der Waals surface area contributed by atoms with Crippen LogP contribution in [0.4, 0.5) is 5.69 Å². The number of oxazole rings is 1. The fourth-order valence-corrected chi connectivity index (χ4v) is 1.90. The van der Waals surface area contributed by atoms with Crippen LogP contribution in [0.2, 0.25) is 0 Å². The van der Waals surface area contributed by atoms with E-state index >= 15 is 0 Å². The van der Waals surface area contributed by atoms with Gasteiger partial charge in [-0.2, -0.15) is 0 Å². The van der Waals surface area contributed by atoms with Crippen molar-refractivity contribution in [3.63, 3.8) is 0 Å². The number of rotatable bonds is 3. The number of aromatic amines is 1. The van der Waals surface area contributed by atoms with Gasteiger partial charge in [0, 0.05) is 24.1 Å². The van der Waals surface area contributed by atoms with Crippen molar-refractivity contribution in [1.29, 1.82) is 0 Å². The molecule has 1 aliphatic heterocycles. The second kappa shape index (κ2) is 4.30. The van der Waals surface area contributed by atoms with Gasteiger partial charge in [-0.05, 0) is 12.1 Å². The Labute approximate surface area is 102 Å². The van der Waals surface area contributed by atoms with Crippen LogP contribution >= 0.6 is 0 Å². The molecule has 6 heteroatoms. The van der Waals surface area contributed by atoms with Crippen LogP contribution < -0.4 is 11.1 Å². The molecule has 1 amide bonds. The first-order chi connectivity index (χ1) is 8.70. The van der Waals surface area contributed by atoms with Gasteiger partial charge < -0.3 is 14.5 Å². The van der Waals surface area contributed by atoms with Crippen molar-refractivity contribution < 1.29 is 13.9 Å². The number of hydrogen-bond acceptors (Lipinski definition) is 4. The van der Waals surface area contributed by atoms with Crippen LogP contribution in [0.25, 0.3) is 11.1 Å². The van der Waals surface area contributed by atoms with Gasteiger partial charge in [0.1, 0.15) is 0 Å². The zero-order chi connectivity index (χ0) is 12.5. The number of ether oxygens (including phenoxy) is 1. The Kier molecular flexibility index (Phi) is 2.64. The van der Waals surface area contributed by atoms with E-state index in [0.29, 0.717) is 42.3 Å². The fraction of sp³-hybridized carbons (Fsp3) is 0.333. The summed E-state index contributed by atoms with van der Waals surface area (Å²) in [4.78, 5) is 25.2.